The molecule has 1 aromatic rings. The Balaban J connectivity index is 1.52. The highest BCUT2D eigenvalue weighted by Crippen LogP contribution is 2.35. The zero-order valence-electron chi connectivity index (χ0n) is 15.0. The molecular formula is C22H22F3NO. The summed E-state index contributed by atoms with van der Waals surface area (Å²) in [4.78, 5) is 12.2. The molecule has 0 aromatic heterocycles. The van der Waals surface area contributed by atoms with Gasteiger partial charge >= 0.3 is 0 Å². The first-order valence-corrected chi connectivity index (χ1v) is 9.22. The normalized spacial score (nSPS) is 21.7. The van der Waals surface area contributed by atoms with Gasteiger partial charge < -0.3 is 5.32 Å². The van der Waals surface area contributed by atoms with E-state index in [1.807, 2.05) is 0 Å². The first-order chi connectivity index (χ1) is 12.9. The van der Waals surface area contributed by atoms with Crippen molar-refractivity contribution >= 4 is 5.91 Å². The smallest absolute Gasteiger partial charge is 0.251 e. The van der Waals surface area contributed by atoms with Crippen molar-refractivity contribution in [3.8, 4) is 11.8 Å². The molecule has 1 N–H and O–H groups in total. The van der Waals surface area contributed by atoms with E-state index < -0.39 is 12.1 Å². The van der Waals surface area contributed by atoms with Crippen LogP contribution in [0.25, 0.3) is 0 Å². The topological polar surface area (TPSA) is 29.1 Å². The summed E-state index contributed by atoms with van der Waals surface area (Å²) in [5, 5.41) is 2.82. The summed E-state index contributed by atoms with van der Waals surface area (Å²) >= 11 is 0. The maximum atomic E-state index is 13.7. The Labute approximate surface area is 157 Å². The zero-order chi connectivity index (χ0) is 19.3. The molecular weight excluding hydrogens is 351 g/mol. The van der Waals surface area contributed by atoms with Crippen molar-refractivity contribution in [3.63, 3.8) is 0 Å². The number of alkyl halides is 3. The molecule has 0 spiro atoms. The van der Waals surface area contributed by atoms with Crippen LogP contribution in [0.4, 0.5) is 13.2 Å². The Morgan fingerprint density at radius 1 is 1.15 bits per heavy atom. The maximum absolute atomic E-state index is 13.7. The minimum Gasteiger partial charge on any atom is -0.352 e. The number of allylic oxidation sites excluding steroid dienone is 4. The third-order valence-electron chi connectivity index (χ3n) is 4.98. The maximum Gasteiger partial charge on any atom is 0.251 e. The zero-order valence-corrected chi connectivity index (χ0v) is 15.0. The van der Waals surface area contributed by atoms with Crippen molar-refractivity contribution in [2.45, 2.75) is 44.2 Å². The average molecular weight is 373 g/mol. The highest BCUT2D eigenvalue weighted by molar-refractivity contribution is 5.94. The minimum absolute atomic E-state index is 0.102. The summed E-state index contributed by atoms with van der Waals surface area (Å²) in [7, 11) is 0. The lowest BCUT2D eigenvalue weighted by atomic mass is 9.87. The highest BCUT2D eigenvalue weighted by Gasteiger charge is 2.34. The fourth-order valence-electron chi connectivity index (χ4n) is 3.21. The summed E-state index contributed by atoms with van der Waals surface area (Å²) in [6.45, 7) is 0.413. The molecule has 1 atom stereocenters. The van der Waals surface area contributed by atoms with Gasteiger partial charge in [0, 0.05) is 42.5 Å². The Hall–Kier alpha value is -2.48. The van der Waals surface area contributed by atoms with Crippen molar-refractivity contribution < 1.29 is 18.0 Å². The predicted octanol–water partition coefficient (Wildman–Crippen LogP) is 4.82. The van der Waals surface area contributed by atoms with Gasteiger partial charge in [0.05, 0.1) is 0 Å². The lowest BCUT2D eigenvalue weighted by Crippen LogP contribution is -2.33. The van der Waals surface area contributed by atoms with Crippen LogP contribution in [0, 0.1) is 17.8 Å². The average Bonchev–Trinajstić information content (AvgIpc) is 2.67. The van der Waals surface area contributed by atoms with Gasteiger partial charge in [0.1, 0.15) is 6.17 Å². The van der Waals surface area contributed by atoms with E-state index in [1.54, 1.807) is 42.5 Å². The summed E-state index contributed by atoms with van der Waals surface area (Å²) in [5.74, 6) is 3.07. The minimum atomic E-state index is -2.55. The second-order valence-corrected chi connectivity index (χ2v) is 7.09. The van der Waals surface area contributed by atoms with Crippen molar-refractivity contribution in [1.29, 1.82) is 0 Å². The fraction of sp³-hybridized carbons (Fsp3) is 0.409. The predicted molar refractivity (Wildman–Crippen MR) is 99.3 cm³/mol. The summed E-state index contributed by atoms with van der Waals surface area (Å²) < 4.78 is 40.0. The molecule has 2 aliphatic rings. The number of carbonyl (C=O) groups excluding carboxylic acids is 1. The number of hydrogen-bond donors (Lipinski definition) is 1. The largest absolute Gasteiger partial charge is 0.352 e. The quantitative estimate of drug-likeness (QED) is 0.757. The van der Waals surface area contributed by atoms with Crippen LogP contribution in [-0.4, -0.2) is 24.5 Å². The molecule has 0 bridgehead atoms. The summed E-state index contributed by atoms with van der Waals surface area (Å²) in [6.07, 6.45) is 5.17. The van der Waals surface area contributed by atoms with Crippen LogP contribution in [0.1, 0.15) is 48.0 Å². The molecule has 1 amide bonds. The van der Waals surface area contributed by atoms with Crippen molar-refractivity contribution in [2.24, 2.45) is 5.92 Å². The molecule has 0 saturated heterocycles. The van der Waals surface area contributed by atoms with Gasteiger partial charge in [-0.3, -0.25) is 4.79 Å². The van der Waals surface area contributed by atoms with Gasteiger partial charge in [-0.05, 0) is 49.1 Å². The van der Waals surface area contributed by atoms with Gasteiger partial charge in [-0.1, -0.05) is 24.0 Å². The van der Waals surface area contributed by atoms with Gasteiger partial charge in [-0.2, -0.15) is 0 Å². The van der Waals surface area contributed by atoms with E-state index in [2.05, 4.69) is 17.2 Å². The van der Waals surface area contributed by atoms with E-state index in [0.717, 1.165) is 0 Å². The number of nitrogens with one attached hydrogen (secondary N) is 1. The molecule has 2 nitrogen and oxygen atoms in total. The van der Waals surface area contributed by atoms with E-state index in [-0.39, 0.29) is 24.7 Å². The molecule has 1 unspecified atom stereocenters. The first-order valence-electron chi connectivity index (χ1n) is 9.22. The molecule has 1 fully saturated rings. The van der Waals surface area contributed by atoms with E-state index in [1.165, 1.54) is 0 Å². The molecule has 1 aromatic carbocycles. The van der Waals surface area contributed by atoms with Crippen LogP contribution in [-0.2, 0) is 0 Å². The van der Waals surface area contributed by atoms with E-state index in [0.29, 0.717) is 42.5 Å². The molecule has 1 saturated carbocycles. The Morgan fingerprint density at radius 2 is 1.85 bits per heavy atom. The Bertz CT molecular complexity index is 789. The van der Waals surface area contributed by atoms with Gasteiger partial charge in [0.15, 0.2) is 0 Å². The van der Waals surface area contributed by atoms with E-state index in [4.69, 9.17) is 0 Å². The molecule has 27 heavy (non-hydrogen) atoms. The number of benzene rings is 1. The van der Waals surface area contributed by atoms with Gasteiger partial charge in [-0.25, -0.2) is 13.2 Å². The SMILES string of the molecule is O=C(NCC1CCC(F)(F)CC1)c1ccc(C#CC2=CC=CCC2F)cc1. The number of carbonyl (C=O) groups is 1. The third-order valence-corrected chi connectivity index (χ3v) is 4.98. The van der Waals surface area contributed by atoms with Crippen molar-refractivity contribution in [2.75, 3.05) is 6.54 Å². The molecule has 3 rings (SSSR count). The third kappa shape index (κ3) is 5.50. The highest BCUT2D eigenvalue weighted by atomic mass is 19.3. The molecule has 0 heterocycles. The Kier molecular flexibility index (Phi) is 6.05. The fourth-order valence-corrected chi connectivity index (χ4v) is 3.21. The van der Waals surface area contributed by atoms with Crippen LogP contribution in [0.2, 0.25) is 0 Å². The van der Waals surface area contributed by atoms with Crippen LogP contribution >= 0.6 is 0 Å². The number of hydrogen-bond acceptors (Lipinski definition) is 1. The molecule has 2 aliphatic carbocycles. The second kappa shape index (κ2) is 8.47. The van der Waals surface area contributed by atoms with Crippen LogP contribution in [0.3, 0.4) is 0 Å². The van der Waals surface area contributed by atoms with Crippen LogP contribution in [0.5, 0.6) is 0 Å². The van der Waals surface area contributed by atoms with Crippen molar-refractivity contribution in [1.82, 2.24) is 5.32 Å². The molecule has 5 heteroatoms. The van der Waals surface area contributed by atoms with E-state index in [9.17, 15) is 18.0 Å². The molecule has 0 aliphatic heterocycles. The van der Waals surface area contributed by atoms with Gasteiger partial charge in [0.2, 0.25) is 5.92 Å². The van der Waals surface area contributed by atoms with Crippen LogP contribution in [0.15, 0.2) is 48.1 Å². The first kappa shape index (κ1) is 19.3. The number of amides is 1. The van der Waals surface area contributed by atoms with Crippen molar-refractivity contribution in [3.05, 3.63) is 59.2 Å². The summed E-state index contributed by atoms with van der Waals surface area (Å²) in [5.41, 5.74) is 1.64. The monoisotopic (exact) mass is 373 g/mol. The second-order valence-electron chi connectivity index (χ2n) is 7.09. The van der Waals surface area contributed by atoms with Gasteiger partial charge in [-0.15, -0.1) is 0 Å². The number of rotatable bonds is 3. The van der Waals surface area contributed by atoms with Crippen LogP contribution < -0.4 is 5.32 Å². The lowest BCUT2D eigenvalue weighted by Gasteiger charge is -2.28. The molecule has 0 radical (unpaired) electrons. The summed E-state index contributed by atoms with van der Waals surface area (Å²) in [6, 6.07) is 6.76. The lowest BCUT2D eigenvalue weighted by molar-refractivity contribution is -0.0452. The molecule has 142 valence electrons. The van der Waals surface area contributed by atoms with Gasteiger partial charge in [0.25, 0.3) is 5.91 Å². The van der Waals surface area contributed by atoms with E-state index >= 15 is 0 Å². The number of halogens is 3. The standard InChI is InChI=1S/C22H22F3NO/c23-20-4-2-1-3-18(20)8-5-16-6-9-19(10-7-16)21(27)26-15-17-11-13-22(24,25)14-12-17/h1-3,6-7,9-10,17,20H,4,11-15H2,(H,26,27). The Morgan fingerprint density at radius 3 is 2.52 bits per heavy atom.